The number of carbonyl (C=O) groups is 1. The first kappa shape index (κ1) is 10.6. The topological polar surface area (TPSA) is 41.1 Å². The Hall–Kier alpha value is -1.43. The molecule has 0 heterocycles. The van der Waals surface area contributed by atoms with Gasteiger partial charge in [-0.25, -0.2) is 4.79 Å². The van der Waals surface area contributed by atoms with Crippen molar-refractivity contribution >= 4 is 6.03 Å². The fourth-order valence-electron chi connectivity index (χ4n) is 0.507. The molecule has 0 radical (unpaired) electrons. The lowest BCUT2D eigenvalue weighted by Gasteiger charge is -2.03. The fraction of sp³-hybridized carbons (Fsp3) is 0.444. The van der Waals surface area contributed by atoms with Crippen molar-refractivity contribution in [2.45, 2.75) is 13.8 Å². The van der Waals surface area contributed by atoms with E-state index in [9.17, 15) is 4.79 Å². The summed E-state index contributed by atoms with van der Waals surface area (Å²) in [6, 6.07) is -0.208. The van der Waals surface area contributed by atoms with Crippen LogP contribution in [0.2, 0.25) is 0 Å². The van der Waals surface area contributed by atoms with Crippen molar-refractivity contribution in [3.8, 4) is 11.8 Å². The third kappa shape index (κ3) is 6.69. The summed E-state index contributed by atoms with van der Waals surface area (Å²) in [4.78, 5) is 10.9. The Bertz CT molecular complexity index is 222. The van der Waals surface area contributed by atoms with E-state index >= 15 is 0 Å². The van der Waals surface area contributed by atoms with Gasteiger partial charge in [0.15, 0.2) is 0 Å². The predicted molar refractivity (Wildman–Crippen MR) is 49.7 cm³/mol. The third-order valence-corrected chi connectivity index (χ3v) is 1.06. The molecule has 0 aromatic heterocycles. The molecule has 0 aliphatic rings. The highest BCUT2D eigenvalue weighted by molar-refractivity contribution is 5.74. The van der Waals surface area contributed by atoms with Gasteiger partial charge in [0.2, 0.25) is 0 Å². The number of rotatable bonds is 3. The lowest BCUT2D eigenvalue weighted by Crippen LogP contribution is -2.36. The predicted octanol–water partition coefficient (Wildman–Crippen LogP) is 0.885. The number of hydrogen-bond acceptors (Lipinski definition) is 1. The average Bonchev–Trinajstić information content (AvgIpc) is 2.01. The second kappa shape index (κ2) is 6.29. The average molecular weight is 166 g/mol. The number of carbonyl (C=O) groups excluding carboxylic acids is 1. The van der Waals surface area contributed by atoms with Crippen molar-refractivity contribution in [2.24, 2.45) is 0 Å². The molecule has 0 aromatic carbocycles. The van der Waals surface area contributed by atoms with Crippen molar-refractivity contribution in [2.75, 3.05) is 13.1 Å². The normalized spacial score (nSPS) is 7.83. The fourth-order valence-corrected chi connectivity index (χ4v) is 0.507. The summed E-state index contributed by atoms with van der Waals surface area (Å²) in [5.74, 6) is 5.40. The molecule has 3 nitrogen and oxygen atoms in total. The molecule has 2 amide bonds. The molecule has 2 N–H and O–H groups in total. The maximum absolute atomic E-state index is 10.9. The summed E-state index contributed by atoms with van der Waals surface area (Å²) in [6.45, 7) is 8.13. The summed E-state index contributed by atoms with van der Waals surface area (Å²) >= 11 is 0. The van der Waals surface area contributed by atoms with E-state index in [0.717, 1.165) is 5.57 Å². The molecule has 0 saturated heterocycles. The van der Waals surface area contributed by atoms with Gasteiger partial charge < -0.3 is 10.6 Å². The molecule has 0 aliphatic carbocycles. The first-order valence-electron chi connectivity index (χ1n) is 3.72. The van der Waals surface area contributed by atoms with Crippen LogP contribution in [0.5, 0.6) is 0 Å². The first-order chi connectivity index (χ1) is 5.66. The molecule has 12 heavy (non-hydrogen) atoms. The Morgan fingerprint density at radius 3 is 2.67 bits per heavy atom. The number of nitrogens with one attached hydrogen (secondary N) is 2. The summed E-state index contributed by atoms with van der Waals surface area (Å²) in [7, 11) is 0. The van der Waals surface area contributed by atoms with Gasteiger partial charge in [-0.2, -0.15) is 0 Å². The second-order valence-electron chi connectivity index (χ2n) is 2.42. The first-order valence-corrected chi connectivity index (χ1v) is 3.72. The Balaban J connectivity index is 3.44. The van der Waals surface area contributed by atoms with Crippen LogP contribution < -0.4 is 10.6 Å². The minimum Gasteiger partial charge on any atom is -0.334 e. The summed E-state index contributed by atoms with van der Waals surface area (Å²) in [5, 5.41) is 5.20. The van der Waals surface area contributed by atoms with Crippen LogP contribution in [0.4, 0.5) is 4.79 Å². The molecule has 3 heteroatoms. The quantitative estimate of drug-likeness (QED) is 0.474. The van der Waals surface area contributed by atoms with Gasteiger partial charge >= 0.3 is 6.03 Å². The molecule has 66 valence electrons. The van der Waals surface area contributed by atoms with E-state index in [2.05, 4.69) is 29.1 Å². The Morgan fingerprint density at radius 1 is 1.50 bits per heavy atom. The molecular weight excluding hydrogens is 152 g/mol. The molecule has 0 saturated carbocycles. The van der Waals surface area contributed by atoms with Gasteiger partial charge in [-0.1, -0.05) is 18.1 Å². The van der Waals surface area contributed by atoms with Crippen molar-refractivity contribution in [1.29, 1.82) is 0 Å². The van der Waals surface area contributed by atoms with Crippen LogP contribution in [0.25, 0.3) is 0 Å². The minimum absolute atomic E-state index is 0.208. The van der Waals surface area contributed by atoms with Gasteiger partial charge in [0.25, 0.3) is 0 Å². The van der Waals surface area contributed by atoms with E-state index in [1.54, 1.807) is 6.92 Å². The molecule has 0 aromatic rings. The number of urea groups is 1. The monoisotopic (exact) mass is 166 g/mol. The third-order valence-electron chi connectivity index (χ3n) is 1.06. The molecule has 0 rings (SSSR count). The van der Waals surface area contributed by atoms with Crippen molar-refractivity contribution in [3.63, 3.8) is 0 Å². The number of hydrogen-bond donors (Lipinski definition) is 2. The van der Waals surface area contributed by atoms with Gasteiger partial charge in [-0.05, 0) is 13.8 Å². The van der Waals surface area contributed by atoms with Crippen LogP contribution in [0.1, 0.15) is 13.8 Å². The minimum atomic E-state index is -0.208. The van der Waals surface area contributed by atoms with Crippen LogP contribution in [0.15, 0.2) is 12.2 Å². The van der Waals surface area contributed by atoms with E-state index in [4.69, 9.17) is 0 Å². The summed E-state index contributed by atoms with van der Waals surface area (Å²) < 4.78 is 0. The largest absolute Gasteiger partial charge is 0.334 e. The smallest absolute Gasteiger partial charge is 0.315 e. The molecule has 0 spiro atoms. The van der Waals surface area contributed by atoms with Crippen LogP contribution in [-0.4, -0.2) is 19.1 Å². The van der Waals surface area contributed by atoms with Gasteiger partial charge in [-0.15, -0.1) is 5.92 Å². The Morgan fingerprint density at radius 2 is 2.17 bits per heavy atom. The lowest BCUT2D eigenvalue weighted by atomic mass is 10.3. The van der Waals surface area contributed by atoms with E-state index < -0.39 is 0 Å². The van der Waals surface area contributed by atoms with Crippen molar-refractivity contribution in [3.05, 3.63) is 12.2 Å². The zero-order chi connectivity index (χ0) is 9.40. The van der Waals surface area contributed by atoms with E-state index in [1.807, 2.05) is 6.92 Å². The molecule has 0 atom stereocenters. The van der Waals surface area contributed by atoms with E-state index in [-0.39, 0.29) is 6.03 Å². The second-order valence-corrected chi connectivity index (χ2v) is 2.42. The van der Waals surface area contributed by atoms with E-state index in [0.29, 0.717) is 13.1 Å². The maximum Gasteiger partial charge on any atom is 0.315 e. The molecule has 0 bridgehead atoms. The lowest BCUT2D eigenvalue weighted by molar-refractivity contribution is 0.243. The van der Waals surface area contributed by atoms with Crippen LogP contribution in [0.3, 0.4) is 0 Å². The SMILES string of the molecule is C=C(C)CNC(=O)NCC#CC. The zero-order valence-electron chi connectivity index (χ0n) is 7.53. The van der Waals surface area contributed by atoms with Gasteiger partial charge in [0, 0.05) is 6.54 Å². The maximum atomic E-state index is 10.9. The highest BCUT2D eigenvalue weighted by Gasteiger charge is 1.95. The summed E-state index contributed by atoms with van der Waals surface area (Å²) in [6.07, 6.45) is 0. The molecule has 0 aliphatic heterocycles. The molecule has 0 fully saturated rings. The van der Waals surface area contributed by atoms with Gasteiger partial charge in [0.05, 0.1) is 6.54 Å². The Kier molecular flexibility index (Phi) is 5.54. The van der Waals surface area contributed by atoms with Crippen LogP contribution >= 0.6 is 0 Å². The zero-order valence-corrected chi connectivity index (χ0v) is 7.53. The highest BCUT2D eigenvalue weighted by Crippen LogP contribution is 1.80. The van der Waals surface area contributed by atoms with Gasteiger partial charge in [0.1, 0.15) is 0 Å². The Labute approximate surface area is 73.2 Å². The van der Waals surface area contributed by atoms with Crippen LogP contribution in [-0.2, 0) is 0 Å². The number of amides is 2. The van der Waals surface area contributed by atoms with E-state index in [1.165, 1.54) is 0 Å². The van der Waals surface area contributed by atoms with Crippen molar-refractivity contribution in [1.82, 2.24) is 10.6 Å². The molecule has 0 unspecified atom stereocenters. The van der Waals surface area contributed by atoms with Crippen molar-refractivity contribution < 1.29 is 4.79 Å². The summed E-state index contributed by atoms with van der Waals surface area (Å²) in [5.41, 5.74) is 0.923. The van der Waals surface area contributed by atoms with Gasteiger partial charge in [-0.3, -0.25) is 0 Å². The highest BCUT2D eigenvalue weighted by atomic mass is 16.2. The molecular formula is C9H14N2O. The van der Waals surface area contributed by atoms with Crippen LogP contribution in [0, 0.1) is 11.8 Å². The standard InChI is InChI=1S/C9H14N2O/c1-4-5-6-10-9(12)11-7-8(2)3/h2,6-7H2,1,3H3,(H2,10,11,12).